The third kappa shape index (κ3) is 17.5. The number of carbonyl (C=O) groups excluding carboxylic acids is 6. The Morgan fingerprint density at radius 1 is 0.324 bits per heavy atom. The van der Waals surface area contributed by atoms with Crippen molar-refractivity contribution in [2.75, 3.05) is 21.3 Å². The predicted octanol–water partition coefficient (Wildman–Crippen LogP) is 14.5. The van der Waals surface area contributed by atoms with Gasteiger partial charge >= 0.3 is 0 Å². The largest absolute Gasteiger partial charge is 0.497 e. The van der Waals surface area contributed by atoms with Crippen LogP contribution in [0.4, 0.5) is 0 Å². The minimum Gasteiger partial charge on any atom is -0.497 e. The maximum atomic E-state index is 11.2. The van der Waals surface area contributed by atoms with Crippen LogP contribution in [0.5, 0.6) is 17.2 Å². The van der Waals surface area contributed by atoms with Crippen LogP contribution in [-0.4, -0.2) is 56.0 Å². The quantitative estimate of drug-likeness (QED) is 0.0918. The second-order valence-electron chi connectivity index (χ2n) is 16.3. The SMILES string of the molecule is CC(=O)c1ccc(C(C)=O)cc1.CC(=O)c1ccc(C)cc1.CC(=O)c1ccc(C=Cc2ccc(C(C)=O)cc2)cc1.COc1cc2ccccc2cc1OC.COc1ccc2cc(C(C)=O)ccc2c1. The van der Waals surface area contributed by atoms with E-state index in [0.29, 0.717) is 22.3 Å². The van der Waals surface area contributed by atoms with Gasteiger partial charge < -0.3 is 14.2 Å². The van der Waals surface area contributed by atoms with Gasteiger partial charge in [-0.1, -0.05) is 157 Å². The molecule has 0 N–H and O–H groups in total. The number of ether oxygens (including phenoxy) is 3. The molecule has 0 saturated heterocycles. The molecule has 71 heavy (non-hydrogen) atoms. The molecule has 0 amide bonds. The van der Waals surface area contributed by atoms with Crippen molar-refractivity contribution in [1.82, 2.24) is 0 Å². The Kier molecular flexibility index (Phi) is 21.3. The van der Waals surface area contributed by atoms with Gasteiger partial charge in [-0.25, -0.2) is 0 Å². The van der Waals surface area contributed by atoms with Gasteiger partial charge in [-0.3, -0.25) is 28.8 Å². The van der Waals surface area contributed by atoms with Crippen molar-refractivity contribution in [2.45, 2.75) is 48.5 Å². The molecule has 0 bridgehead atoms. The third-order valence-corrected chi connectivity index (χ3v) is 11.0. The van der Waals surface area contributed by atoms with Crippen LogP contribution in [0.2, 0.25) is 0 Å². The summed E-state index contributed by atoms with van der Waals surface area (Å²) in [6.07, 6.45) is 3.96. The first-order valence-electron chi connectivity index (χ1n) is 22.7. The molecule has 8 rings (SSSR count). The van der Waals surface area contributed by atoms with Gasteiger partial charge in [-0.15, -0.1) is 0 Å². The first kappa shape index (κ1) is 55.0. The van der Waals surface area contributed by atoms with Gasteiger partial charge in [0.1, 0.15) is 5.75 Å². The average Bonchev–Trinajstić information content (AvgIpc) is 3.38. The lowest BCUT2D eigenvalue weighted by Gasteiger charge is -2.08. The summed E-state index contributed by atoms with van der Waals surface area (Å²) in [5.74, 6) is 2.76. The highest BCUT2D eigenvalue weighted by Crippen LogP contribution is 2.31. The second kappa shape index (κ2) is 27.4. The zero-order chi connectivity index (χ0) is 52.0. The first-order chi connectivity index (χ1) is 33.9. The lowest BCUT2D eigenvalue weighted by atomic mass is 10.0. The molecular formula is C62H60O9. The summed E-state index contributed by atoms with van der Waals surface area (Å²) in [5.41, 5.74) is 7.49. The molecule has 0 atom stereocenters. The van der Waals surface area contributed by atoms with Crippen LogP contribution in [0.1, 0.15) is 120 Å². The Hall–Kier alpha value is -8.56. The van der Waals surface area contributed by atoms with E-state index in [1.165, 1.54) is 19.4 Å². The topological polar surface area (TPSA) is 130 Å². The molecule has 362 valence electrons. The van der Waals surface area contributed by atoms with E-state index in [1.807, 2.05) is 153 Å². The van der Waals surface area contributed by atoms with Crippen molar-refractivity contribution in [1.29, 1.82) is 0 Å². The number of hydrogen-bond donors (Lipinski definition) is 0. The Labute approximate surface area is 416 Å². The standard InChI is InChI=1S/C18H16O2.C13H12O2.C12H12O2.C10H10O2.C9H10O/c1-13(19)17-9-5-15(6-10-17)3-4-16-7-11-18(12-8-16)14(2)20;1-9(14)10-3-4-12-8-13(15-2)6-5-11(12)7-10;1-13-11-7-9-5-3-4-6-10(9)8-12(11)14-2;1-7(11)9-3-5-10(6-4-9)8(2)12;1-7-3-5-9(6-4-7)8(2)10/h3-12H,1-2H3;3-8H,1-2H3;3-8H,1-2H3;3-6H,1-2H3;3-6H,1-2H3. The van der Waals surface area contributed by atoms with Crippen LogP contribution in [0, 0.1) is 6.92 Å². The molecule has 0 aliphatic carbocycles. The first-order valence-corrected chi connectivity index (χ1v) is 22.7. The van der Waals surface area contributed by atoms with Crippen molar-refractivity contribution in [3.05, 3.63) is 220 Å². The van der Waals surface area contributed by atoms with E-state index < -0.39 is 0 Å². The van der Waals surface area contributed by atoms with Crippen LogP contribution in [0.15, 0.2) is 170 Å². The highest BCUT2D eigenvalue weighted by Gasteiger charge is 2.06. The van der Waals surface area contributed by atoms with Crippen LogP contribution in [0.25, 0.3) is 33.7 Å². The van der Waals surface area contributed by atoms with Crippen LogP contribution >= 0.6 is 0 Å². The van der Waals surface area contributed by atoms with E-state index in [-0.39, 0.29) is 34.7 Å². The number of aryl methyl sites for hydroxylation is 1. The molecule has 0 heterocycles. The number of methoxy groups -OCH3 is 3. The van der Waals surface area contributed by atoms with Crippen LogP contribution in [0.3, 0.4) is 0 Å². The summed E-state index contributed by atoms with van der Waals surface area (Å²) in [7, 11) is 4.93. The predicted molar refractivity (Wildman–Crippen MR) is 287 cm³/mol. The van der Waals surface area contributed by atoms with Crippen molar-refractivity contribution < 1.29 is 43.0 Å². The van der Waals surface area contributed by atoms with Gasteiger partial charge in [0.15, 0.2) is 46.2 Å². The molecule has 8 aromatic carbocycles. The van der Waals surface area contributed by atoms with Gasteiger partial charge in [0.25, 0.3) is 0 Å². The zero-order valence-electron chi connectivity index (χ0n) is 42.0. The smallest absolute Gasteiger partial charge is 0.161 e. The number of rotatable bonds is 11. The molecule has 0 aromatic heterocycles. The number of hydrogen-bond acceptors (Lipinski definition) is 9. The number of ketones is 6. The van der Waals surface area contributed by atoms with E-state index in [1.54, 1.807) is 73.3 Å². The van der Waals surface area contributed by atoms with Gasteiger partial charge in [-0.05, 0) is 111 Å². The van der Waals surface area contributed by atoms with E-state index in [9.17, 15) is 28.8 Å². The van der Waals surface area contributed by atoms with Crippen LogP contribution in [-0.2, 0) is 0 Å². The molecule has 0 aliphatic heterocycles. The van der Waals surface area contributed by atoms with E-state index in [0.717, 1.165) is 61.0 Å². The highest BCUT2D eigenvalue weighted by molar-refractivity contribution is 5.99. The van der Waals surface area contributed by atoms with Crippen molar-refractivity contribution in [3.8, 4) is 17.2 Å². The van der Waals surface area contributed by atoms with Gasteiger partial charge in [-0.2, -0.15) is 0 Å². The zero-order valence-corrected chi connectivity index (χ0v) is 42.0. The van der Waals surface area contributed by atoms with Gasteiger partial charge in [0.2, 0.25) is 0 Å². The number of fused-ring (bicyclic) bond motifs is 2. The fourth-order valence-corrected chi connectivity index (χ4v) is 6.67. The number of Topliss-reactive ketones (excluding diaryl/α,β-unsaturated/α-hetero) is 6. The molecule has 0 aliphatic rings. The van der Waals surface area contributed by atoms with Gasteiger partial charge in [0, 0.05) is 33.4 Å². The Balaban J connectivity index is 0.000000197. The second-order valence-corrected chi connectivity index (χ2v) is 16.3. The van der Waals surface area contributed by atoms with Gasteiger partial charge in [0.05, 0.1) is 21.3 Å². The van der Waals surface area contributed by atoms with Crippen LogP contribution < -0.4 is 14.2 Å². The molecule has 8 aromatic rings. The number of carbonyl (C=O) groups is 6. The van der Waals surface area contributed by atoms with Crippen molar-refractivity contribution >= 4 is 68.4 Å². The van der Waals surface area contributed by atoms with Crippen molar-refractivity contribution in [3.63, 3.8) is 0 Å². The number of benzene rings is 8. The average molecular weight is 949 g/mol. The summed E-state index contributed by atoms with van der Waals surface area (Å²) < 4.78 is 15.6. The Morgan fingerprint density at radius 2 is 0.620 bits per heavy atom. The Morgan fingerprint density at radius 3 is 0.958 bits per heavy atom. The van der Waals surface area contributed by atoms with E-state index in [4.69, 9.17) is 14.2 Å². The maximum absolute atomic E-state index is 11.2. The molecule has 0 saturated carbocycles. The summed E-state index contributed by atoms with van der Waals surface area (Å²) >= 11 is 0. The minimum atomic E-state index is 0.0186. The maximum Gasteiger partial charge on any atom is 0.161 e. The highest BCUT2D eigenvalue weighted by atomic mass is 16.5. The fourth-order valence-electron chi connectivity index (χ4n) is 6.67. The summed E-state index contributed by atoms with van der Waals surface area (Å²) in [6.45, 7) is 11.3. The lowest BCUT2D eigenvalue weighted by Crippen LogP contribution is -1.95. The molecule has 0 radical (unpaired) electrons. The lowest BCUT2D eigenvalue weighted by molar-refractivity contribution is 0.100. The molecule has 9 heteroatoms. The van der Waals surface area contributed by atoms with Crippen molar-refractivity contribution in [2.24, 2.45) is 0 Å². The molecule has 9 nitrogen and oxygen atoms in total. The van der Waals surface area contributed by atoms with E-state index >= 15 is 0 Å². The third-order valence-electron chi connectivity index (χ3n) is 11.0. The normalized spacial score (nSPS) is 10.1. The molecule has 0 fully saturated rings. The monoisotopic (exact) mass is 948 g/mol. The summed E-state index contributed by atoms with van der Waals surface area (Å²) in [4.78, 5) is 66.0. The molecule has 0 spiro atoms. The molecular weight excluding hydrogens is 889 g/mol. The minimum absolute atomic E-state index is 0.0186. The Bertz CT molecular complexity index is 2990. The summed E-state index contributed by atoms with van der Waals surface area (Å²) in [6, 6.07) is 52.7. The van der Waals surface area contributed by atoms with E-state index in [2.05, 4.69) is 12.1 Å². The molecule has 0 unspecified atom stereocenters. The fraction of sp³-hybridized carbons (Fsp3) is 0.161. The summed E-state index contributed by atoms with van der Waals surface area (Å²) in [5, 5.41) is 4.46.